The Kier molecular flexibility index (Phi) is 6.28. The fraction of sp³-hybridized carbons (Fsp3) is 0.500. The molecular weight excluding hydrogens is 204 g/mol. The summed E-state index contributed by atoms with van der Waals surface area (Å²) in [7, 11) is 1.98. The molecular formula is C12H20N2S. The number of nitrogens with one attached hydrogen (secondary N) is 2. The van der Waals surface area contributed by atoms with Gasteiger partial charge in [-0.3, -0.25) is 0 Å². The van der Waals surface area contributed by atoms with Crippen molar-refractivity contribution in [1.29, 1.82) is 0 Å². The maximum atomic E-state index is 3.40. The highest BCUT2D eigenvalue weighted by molar-refractivity contribution is 7.99. The molecule has 0 aliphatic carbocycles. The lowest BCUT2D eigenvalue weighted by atomic mass is 10.3. The molecule has 3 heteroatoms. The van der Waals surface area contributed by atoms with Gasteiger partial charge in [0.05, 0.1) is 0 Å². The monoisotopic (exact) mass is 224 g/mol. The van der Waals surface area contributed by atoms with E-state index >= 15 is 0 Å². The third kappa shape index (κ3) is 5.09. The maximum absolute atomic E-state index is 3.40. The quantitative estimate of drug-likeness (QED) is 0.550. The minimum Gasteiger partial charge on any atom is -0.385 e. The highest BCUT2D eigenvalue weighted by Crippen LogP contribution is 2.19. The molecule has 0 bridgehead atoms. The Hall–Kier alpha value is -0.670. The first kappa shape index (κ1) is 12.4. The lowest BCUT2D eigenvalue weighted by Crippen LogP contribution is -2.12. The van der Waals surface area contributed by atoms with E-state index in [0.29, 0.717) is 0 Å². The van der Waals surface area contributed by atoms with Crippen LogP contribution < -0.4 is 10.6 Å². The summed E-state index contributed by atoms with van der Waals surface area (Å²) in [5, 5.41) is 6.54. The maximum Gasteiger partial charge on any atom is 0.0340 e. The molecule has 1 aromatic carbocycles. The van der Waals surface area contributed by atoms with E-state index in [1.54, 1.807) is 0 Å². The molecule has 15 heavy (non-hydrogen) atoms. The van der Waals surface area contributed by atoms with Gasteiger partial charge in [-0.2, -0.15) is 0 Å². The third-order valence-corrected chi connectivity index (χ3v) is 2.99. The van der Waals surface area contributed by atoms with Crippen molar-refractivity contribution in [1.82, 2.24) is 5.32 Å². The Morgan fingerprint density at radius 1 is 1.13 bits per heavy atom. The number of hydrogen-bond donors (Lipinski definition) is 2. The molecule has 0 saturated carbocycles. The largest absolute Gasteiger partial charge is 0.385 e. The van der Waals surface area contributed by atoms with Crippen molar-refractivity contribution in [2.24, 2.45) is 0 Å². The molecule has 0 spiro atoms. The molecule has 0 heterocycles. The van der Waals surface area contributed by atoms with Crippen molar-refractivity contribution in [2.75, 3.05) is 31.2 Å². The summed E-state index contributed by atoms with van der Waals surface area (Å²) in [4.78, 5) is 1.35. The zero-order chi connectivity index (χ0) is 10.9. The van der Waals surface area contributed by atoms with E-state index in [0.717, 1.165) is 25.3 Å². The molecule has 2 N–H and O–H groups in total. The van der Waals surface area contributed by atoms with E-state index in [9.17, 15) is 0 Å². The number of hydrogen-bond acceptors (Lipinski definition) is 3. The average molecular weight is 224 g/mol. The van der Waals surface area contributed by atoms with Gasteiger partial charge in [-0.25, -0.2) is 0 Å². The first-order valence-electron chi connectivity index (χ1n) is 5.48. The van der Waals surface area contributed by atoms with Crippen molar-refractivity contribution in [3.63, 3.8) is 0 Å². The van der Waals surface area contributed by atoms with Crippen LogP contribution in [0, 0.1) is 0 Å². The Morgan fingerprint density at radius 3 is 2.47 bits per heavy atom. The highest BCUT2D eigenvalue weighted by atomic mass is 32.2. The van der Waals surface area contributed by atoms with Gasteiger partial charge in [-0.05, 0) is 50.0 Å². The highest BCUT2D eigenvalue weighted by Gasteiger charge is 1.93. The van der Waals surface area contributed by atoms with Crippen LogP contribution in [-0.2, 0) is 0 Å². The summed E-state index contributed by atoms with van der Waals surface area (Å²) in [6.07, 6.45) is 1.15. The fourth-order valence-electron chi connectivity index (χ4n) is 1.33. The summed E-state index contributed by atoms with van der Waals surface area (Å²) >= 11 is 1.88. The predicted octanol–water partition coefficient (Wildman–Crippen LogP) is 2.82. The molecule has 0 unspecified atom stereocenters. The van der Waals surface area contributed by atoms with Gasteiger partial charge in [0.1, 0.15) is 0 Å². The average Bonchev–Trinajstić information content (AvgIpc) is 2.27. The molecule has 2 nitrogen and oxygen atoms in total. The van der Waals surface area contributed by atoms with E-state index in [1.807, 2.05) is 18.8 Å². The van der Waals surface area contributed by atoms with Crippen LogP contribution in [0.2, 0.25) is 0 Å². The van der Waals surface area contributed by atoms with Gasteiger partial charge >= 0.3 is 0 Å². The first-order chi connectivity index (χ1) is 7.36. The topological polar surface area (TPSA) is 24.1 Å². The van der Waals surface area contributed by atoms with Crippen LogP contribution in [0.1, 0.15) is 13.3 Å². The zero-order valence-corrected chi connectivity index (χ0v) is 10.4. The molecule has 0 aliphatic heterocycles. The molecule has 0 amide bonds. The minimum atomic E-state index is 1.03. The lowest BCUT2D eigenvalue weighted by molar-refractivity contribution is 0.748. The van der Waals surface area contributed by atoms with Crippen LogP contribution in [-0.4, -0.2) is 25.9 Å². The molecule has 0 saturated heterocycles. The minimum absolute atomic E-state index is 1.03. The second-order valence-corrected chi connectivity index (χ2v) is 4.68. The molecule has 0 aliphatic rings. The third-order valence-electron chi connectivity index (χ3n) is 2.10. The van der Waals surface area contributed by atoms with Gasteiger partial charge < -0.3 is 10.6 Å². The second-order valence-electron chi connectivity index (χ2n) is 3.34. The summed E-state index contributed by atoms with van der Waals surface area (Å²) in [5.41, 5.74) is 1.21. The van der Waals surface area contributed by atoms with Crippen LogP contribution in [0.25, 0.3) is 0 Å². The van der Waals surface area contributed by atoms with Gasteiger partial charge in [0, 0.05) is 17.1 Å². The fourth-order valence-corrected chi connectivity index (χ4v) is 2.00. The Bertz CT molecular complexity index is 259. The van der Waals surface area contributed by atoms with Gasteiger partial charge in [-0.1, -0.05) is 6.92 Å². The number of anilines is 1. The van der Waals surface area contributed by atoms with Gasteiger partial charge in [0.2, 0.25) is 0 Å². The number of rotatable bonds is 7. The van der Waals surface area contributed by atoms with Crippen molar-refractivity contribution >= 4 is 17.4 Å². The van der Waals surface area contributed by atoms with Gasteiger partial charge in [-0.15, -0.1) is 11.8 Å². The first-order valence-corrected chi connectivity index (χ1v) is 6.46. The van der Waals surface area contributed by atoms with Crippen molar-refractivity contribution < 1.29 is 0 Å². The summed E-state index contributed by atoms with van der Waals surface area (Å²) in [6.45, 7) is 4.27. The van der Waals surface area contributed by atoms with Crippen LogP contribution >= 0.6 is 11.8 Å². The SMILES string of the molecule is CCSc1ccc(NCCCNC)cc1. The smallest absolute Gasteiger partial charge is 0.0340 e. The summed E-state index contributed by atoms with van der Waals surface area (Å²) in [5.74, 6) is 1.13. The molecule has 1 aromatic rings. The van der Waals surface area contributed by atoms with Gasteiger partial charge in [0.15, 0.2) is 0 Å². The Labute approximate surface area is 96.8 Å². The summed E-state index contributed by atoms with van der Waals surface area (Å²) < 4.78 is 0. The normalized spacial score (nSPS) is 10.3. The van der Waals surface area contributed by atoms with E-state index in [4.69, 9.17) is 0 Å². The molecule has 0 radical (unpaired) electrons. The van der Waals surface area contributed by atoms with Crippen LogP contribution in [0.15, 0.2) is 29.2 Å². The van der Waals surface area contributed by atoms with Crippen molar-refractivity contribution in [3.8, 4) is 0 Å². The standard InChI is InChI=1S/C12H20N2S/c1-3-15-12-7-5-11(6-8-12)14-10-4-9-13-2/h5-8,13-14H,3-4,9-10H2,1-2H3. The van der Waals surface area contributed by atoms with Crippen molar-refractivity contribution in [3.05, 3.63) is 24.3 Å². The Balaban J connectivity index is 2.29. The zero-order valence-electron chi connectivity index (χ0n) is 9.55. The molecule has 0 fully saturated rings. The van der Waals surface area contributed by atoms with Crippen molar-refractivity contribution in [2.45, 2.75) is 18.2 Å². The van der Waals surface area contributed by atoms with E-state index in [2.05, 4.69) is 41.8 Å². The molecule has 1 rings (SSSR count). The predicted molar refractivity (Wildman–Crippen MR) is 69.9 cm³/mol. The van der Waals surface area contributed by atoms with Crippen LogP contribution in [0.5, 0.6) is 0 Å². The Morgan fingerprint density at radius 2 is 1.87 bits per heavy atom. The van der Waals surface area contributed by atoms with E-state index in [-0.39, 0.29) is 0 Å². The molecule has 84 valence electrons. The van der Waals surface area contributed by atoms with E-state index in [1.165, 1.54) is 10.6 Å². The van der Waals surface area contributed by atoms with Gasteiger partial charge in [0.25, 0.3) is 0 Å². The number of thioether (sulfide) groups is 1. The second kappa shape index (κ2) is 7.60. The van der Waals surface area contributed by atoms with E-state index < -0.39 is 0 Å². The van der Waals surface area contributed by atoms with Crippen LogP contribution in [0.3, 0.4) is 0 Å². The van der Waals surface area contributed by atoms with Crippen LogP contribution in [0.4, 0.5) is 5.69 Å². The number of benzene rings is 1. The lowest BCUT2D eigenvalue weighted by Gasteiger charge is -2.06. The molecule has 0 aromatic heterocycles. The summed E-state index contributed by atoms with van der Waals surface area (Å²) in [6, 6.07) is 8.65. The molecule has 0 atom stereocenters.